The summed E-state index contributed by atoms with van der Waals surface area (Å²) in [6.07, 6.45) is 3.83. The van der Waals surface area contributed by atoms with Crippen molar-refractivity contribution in [3.8, 4) is 0 Å². The molecule has 0 amide bonds. The summed E-state index contributed by atoms with van der Waals surface area (Å²) in [7, 11) is 0. The van der Waals surface area contributed by atoms with E-state index in [9.17, 15) is 0 Å². The van der Waals surface area contributed by atoms with Crippen LogP contribution >= 0.6 is 0 Å². The Morgan fingerprint density at radius 2 is 2.71 bits per heavy atom. The van der Waals surface area contributed by atoms with Gasteiger partial charge in [-0.25, -0.2) is 0 Å². The molecule has 1 aliphatic rings. The van der Waals surface area contributed by atoms with Gasteiger partial charge in [0.05, 0.1) is 0 Å². The van der Waals surface area contributed by atoms with E-state index >= 15 is 0 Å². The molecule has 1 radical (unpaired) electrons. The Labute approximate surface area is 50.5 Å². The number of rotatable bonds is 0. The number of hydrogen-bond acceptors (Lipinski definition) is 2. The maximum atomic E-state index is 3.99. The zero-order valence-corrected chi connectivity index (χ0v) is 5.43. The van der Waals surface area contributed by atoms with Crippen LogP contribution in [0.2, 0.25) is 0 Å². The van der Waals surface area contributed by atoms with Gasteiger partial charge in [0.15, 0.2) is 0 Å². The third-order valence-corrected chi connectivity index (χ3v) is 1.18. The standard InChI is InChI=1S/C4H5N2Se/c7-4-5-2-1-3-6-4/h1-2H,3H2,(H,5,6). The van der Waals surface area contributed by atoms with Crippen LogP contribution in [-0.4, -0.2) is 27.3 Å². The molecule has 1 aliphatic heterocycles. The van der Waals surface area contributed by atoms with E-state index in [0.717, 1.165) is 11.3 Å². The van der Waals surface area contributed by atoms with E-state index in [4.69, 9.17) is 0 Å². The molecule has 1 rings (SSSR count). The van der Waals surface area contributed by atoms with Crippen molar-refractivity contribution in [3.05, 3.63) is 12.3 Å². The van der Waals surface area contributed by atoms with Crippen molar-refractivity contribution in [1.29, 1.82) is 0 Å². The first kappa shape index (κ1) is 4.88. The Bertz CT molecular complexity index is 117. The third kappa shape index (κ3) is 1.33. The zero-order valence-electron chi connectivity index (χ0n) is 3.72. The molecule has 0 atom stereocenters. The van der Waals surface area contributed by atoms with Crippen LogP contribution in [0.25, 0.3) is 0 Å². The molecule has 2 nitrogen and oxygen atoms in total. The Morgan fingerprint density at radius 3 is 3.00 bits per heavy atom. The average Bonchev–Trinajstić information content (AvgIpc) is 1.69. The van der Waals surface area contributed by atoms with Crippen LogP contribution in [0.3, 0.4) is 0 Å². The van der Waals surface area contributed by atoms with Crippen molar-refractivity contribution in [1.82, 2.24) is 5.32 Å². The van der Waals surface area contributed by atoms with Crippen molar-refractivity contribution in [2.45, 2.75) is 0 Å². The van der Waals surface area contributed by atoms with Crippen molar-refractivity contribution in [2.24, 2.45) is 4.99 Å². The second-order valence-electron chi connectivity index (χ2n) is 1.19. The molecule has 0 aliphatic carbocycles. The van der Waals surface area contributed by atoms with Gasteiger partial charge >= 0.3 is 49.9 Å². The fourth-order valence-corrected chi connectivity index (χ4v) is 0.663. The monoisotopic (exact) mass is 161 g/mol. The predicted molar refractivity (Wildman–Crippen MR) is 30.3 cm³/mol. The van der Waals surface area contributed by atoms with E-state index in [1.165, 1.54) is 0 Å². The van der Waals surface area contributed by atoms with E-state index < -0.39 is 0 Å². The van der Waals surface area contributed by atoms with Gasteiger partial charge in [0.25, 0.3) is 0 Å². The SMILES string of the molecule is [Se]C1=NCC=CN1. The molecule has 0 saturated carbocycles. The van der Waals surface area contributed by atoms with Crippen molar-refractivity contribution >= 4 is 20.7 Å². The zero-order chi connectivity index (χ0) is 5.11. The summed E-state index contributed by atoms with van der Waals surface area (Å²) in [5, 5.41) is 2.90. The van der Waals surface area contributed by atoms with Gasteiger partial charge in [-0.1, -0.05) is 0 Å². The van der Waals surface area contributed by atoms with Crippen LogP contribution in [-0.2, 0) is 0 Å². The molecule has 0 fully saturated rings. The van der Waals surface area contributed by atoms with Crippen LogP contribution in [0.4, 0.5) is 0 Å². The summed E-state index contributed by atoms with van der Waals surface area (Å²) < 4.78 is 0.877. The molecular weight excluding hydrogens is 155 g/mol. The summed E-state index contributed by atoms with van der Waals surface area (Å²) in [6.45, 7) is 0.801. The maximum absolute atomic E-state index is 3.99. The third-order valence-electron chi connectivity index (χ3n) is 0.665. The molecule has 0 aromatic carbocycles. The van der Waals surface area contributed by atoms with Gasteiger partial charge in [0.1, 0.15) is 0 Å². The van der Waals surface area contributed by atoms with Crippen molar-refractivity contribution in [3.63, 3.8) is 0 Å². The van der Waals surface area contributed by atoms with E-state index in [2.05, 4.69) is 26.3 Å². The number of nitrogens with one attached hydrogen (secondary N) is 1. The minimum atomic E-state index is 0.801. The summed E-state index contributed by atoms with van der Waals surface area (Å²) in [6, 6.07) is 0. The second kappa shape index (κ2) is 2.15. The van der Waals surface area contributed by atoms with E-state index in [1.807, 2.05) is 12.3 Å². The second-order valence-corrected chi connectivity index (χ2v) is 2.00. The Balaban J connectivity index is 2.50. The molecule has 1 N–H and O–H groups in total. The molecule has 0 aromatic rings. The molecule has 0 aromatic heterocycles. The first-order valence-corrected chi connectivity index (χ1v) is 2.88. The number of nitrogens with zero attached hydrogens (tertiary/aromatic N) is 1. The first-order chi connectivity index (χ1) is 3.39. The number of hydrogen-bond donors (Lipinski definition) is 1. The first-order valence-electron chi connectivity index (χ1n) is 2.02. The molecule has 0 bridgehead atoms. The summed E-state index contributed by atoms with van der Waals surface area (Å²) in [4.78, 5) is 3.99. The molecule has 37 valence electrons. The van der Waals surface area contributed by atoms with E-state index in [0.29, 0.717) is 0 Å². The van der Waals surface area contributed by atoms with Gasteiger partial charge in [0.2, 0.25) is 0 Å². The quantitative estimate of drug-likeness (QED) is 0.480. The minimum absolute atomic E-state index is 0.801. The Hall–Kier alpha value is -0.271. The molecule has 3 heteroatoms. The van der Waals surface area contributed by atoms with E-state index in [-0.39, 0.29) is 0 Å². The van der Waals surface area contributed by atoms with Crippen LogP contribution in [0.5, 0.6) is 0 Å². The molecule has 0 saturated heterocycles. The van der Waals surface area contributed by atoms with Crippen molar-refractivity contribution < 1.29 is 0 Å². The summed E-state index contributed by atoms with van der Waals surface area (Å²) >= 11 is 2.77. The molecule has 0 unspecified atom stereocenters. The fraction of sp³-hybridized carbons (Fsp3) is 0.250. The van der Waals surface area contributed by atoms with Crippen LogP contribution in [0.15, 0.2) is 17.3 Å². The van der Waals surface area contributed by atoms with Crippen LogP contribution < -0.4 is 5.32 Å². The number of amidine groups is 1. The fourth-order valence-electron chi connectivity index (χ4n) is 0.364. The summed E-state index contributed by atoms with van der Waals surface area (Å²) in [5.74, 6) is 0. The molecule has 1 heterocycles. The van der Waals surface area contributed by atoms with Gasteiger partial charge in [-0.05, 0) is 0 Å². The Morgan fingerprint density at radius 1 is 1.86 bits per heavy atom. The van der Waals surface area contributed by atoms with Gasteiger partial charge in [-0.15, -0.1) is 0 Å². The topological polar surface area (TPSA) is 24.4 Å². The molecule has 7 heavy (non-hydrogen) atoms. The average molecular weight is 160 g/mol. The summed E-state index contributed by atoms with van der Waals surface area (Å²) in [5.41, 5.74) is 0. The van der Waals surface area contributed by atoms with E-state index in [1.54, 1.807) is 0 Å². The van der Waals surface area contributed by atoms with Crippen LogP contribution in [0.1, 0.15) is 0 Å². The number of aliphatic imine (C=N–C) groups is 1. The normalized spacial score (nSPS) is 18.0. The predicted octanol–water partition coefficient (Wildman–Crippen LogP) is -0.372. The molecule has 0 spiro atoms. The van der Waals surface area contributed by atoms with Gasteiger partial charge < -0.3 is 0 Å². The van der Waals surface area contributed by atoms with Gasteiger partial charge in [0, 0.05) is 0 Å². The molecular formula is C4H5N2Se. The van der Waals surface area contributed by atoms with Crippen molar-refractivity contribution in [2.75, 3.05) is 6.54 Å². The van der Waals surface area contributed by atoms with Crippen LogP contribution in [0, 0.1) is 0 Å². The Kier molecular flexibility index (Phi) is 1.49. The van der Waals surface area contributed by atoms with Gasteiger partial charge in [-0.3, -0.25) is 0 Å². The van der Waals surface area contributed by atoms with Gasteiger partial charge in [-0.2, -0.15) is 0 Å².